The molecule has 0 fully saturated rings. The first kappa shape index (κ1) is 28.0. The van der Waals surface area contributed by atoms with Crippen molar-refractivity contribution in [1.82, 2.24) is 10.3 Å². The SMILES string of the molecule is COc1cccc(OC)c1-c1ccc(C[C@H](NC(=O)c2c(Cl)cccc2Cl)C(=O)OCc2ccncc2)cc1. The molecule has 4 rings (SSSR count). The Morgan fingerprint density at radius 2 is 1.41 bits per heavy atom. The lowest BCUT2D eigenvalue weighted by Crippen LogP contribution is -2.43. The zero-order chi connectivity index (χ0) is 27.8. The van der Waals surface area contributed by atoms with E-state index in [1.807, 2.05) is 42.5 Å². The van der Waals surface area contributed by atoms with E-state index in [-0.39, 0.29) is 28.6 Å². The molecule has 0 radical (unpaired) electrons. The van der Waals surface area contributed by atoms with Crippen LogP contribution < -0.4 is 14.8 Å². The number of esters is 1. The van der Waals surface area contributed by atoms with E-state index in [4.69, 9.17) is 37.4 Å². The van der Waals surface area contributed by atoms with Crippen molar-refractivity contribution in [3.63, 3.8) is 0 Å². The number of pyridine rings is 1. The van der Waals surface area contributed by atoms with E-state index in [0.717, 1.165) is 22.3 Å². The number of carbonyl (C=O) groups is 2. The molecule has 0 spiro atoms. The Bertz CT molecular complexity index is 1400. The van der Waals surface area contributed by atoms with Crippen molar-refractivity contribution in [1.29, 1.82) is 0 Å². The van der Waals surface area contributed by atoms with Crippen LogP contribution in [0.2, 0.25) is 10.0 Å². The van der Waals surface area contributed by atoms with E-state index < -0.39 is 17.9 Å². The lowest BCUT2D eigenvalue weighted by molar-refractivity contribution is -0.147. The topological polar surface area (TPSA) is 86.8 Å². The van der Waals surface area contributed by atoms with Crippen LogP contribution in [0.3, 0.4) is 0 Å². The molecule has 0 aliphatic rings. The predicted molar refractivity (Wildman–Crippen MR) is 150 cm³/mol. The van der Waals surface area contributed by atoms with Crippen molar-refractivity contribution in [2.45, 2.75) is 19.1 Å². The van der Waals surface area contributed by atoms with Gasteiger partial charge in [0.1, 0.15) is 24.1 Å². The highest BCUT2D eigenvalue weighted by atomic mass is 35.5. The maximum Gasteiger partial charge on any atom is 0.329 e. The quantitative estimate of drug-likeness (QED) is 0.232. The van der Waals surface area contributed by atoms with Gasteiger partial charge in [0.15, 0.2) is 0 Å². The zero-order valence-electron chi connectivity index (χ0n) is 21.3. The van der Waals surface area contributed by atoms with Gasteiger partial charge in [-0.25, -0.2) is 4.79 Å². The average Bonchev–Trinajstić information content (AvgIpc) is 2.96. The first-order valence-electron chi connectivity index (χ1n) is 12.0. The molecule has 200 valence electrons. The van der Waals surface area contributed by atoms with Gasteiger partial charge >= 0.3 is 5.97 Å². The Morgan fingerprint density at radius 1 is 0.821 bits per heavy atom. The molecular formula is C30H26Cl2N2O5. The number of amides is 1. The minimum absolute atomic E-state index is 0.0348. The van der Waals surface area contributed by atoms with Gasteiger partial charge in [-0.15, -0.1) is 0 Å². The fourth-order valence-electron chi connectivity index (χ4n) is 4.05. The Balaban J connectivity index is 1.58. The van der Waals surface area contributed by atoms with Crippen molar-refractivity contribution in [2.24, 2.45) is 0 Å². The third-order valence-corrected chi connectivity index (χ3v) is 6.65. The van der Waals surface area contributed by atoms with Gasteiger partial charge in [-0.05, 0) is 53.1 Å². The molecule has 1 heterocycles. The highest BCUT2D eigenvalue weighted by Gasteiger charge is 2.26. The van der Waals surface area contributed by atoms with E-state index in [1.54, 1.807) is 56.9 Å². The maximum atomic E-state index is 13.2. The monoisotopic (exact) mass is 564 g/mol. The summed E-state index contributed by atoms with van der Waals surface area (Å²) in [4.78, 5) is 30.2. The lowest BCUT2D eigenvalue weighted by atomic mass is 9.99. The van der Waals surface area contributed by atoms with Crippen molar-refractivity contribution in [3.05, 3.63) is 112 Å². The Morgan fingerprint density at radius 3 is 2.00 bits per heavy atom. The number of hydrogen-bond acceptors (Lipinski definition) is 6. The average molecular weight is 565 g/mol. The van der Waals surface area contributed by atoms with E-state index in [9.17, 15) is 9.59 Å². The van der Waals surface area contributed by atoms with Crippen molar-refractivity contribution in [3.8, 4) is 22.6 Å². The second-order valence-corrected chi connectivity index (χ2v) is 9.34. The van der Waals surface area contributed by atoms with Gasteiger partial charge in [0, 0.05) is 18.8 Å². The van der Waals surface area contributed by atoms with E-state index >= 15 is 0 Å². The first-order chi connectivity index (χ1) is 18.9. The fourth-order valence-corrected chi connectivity index (χ4v) is 4.62. The molecule has 1 aromatic heterocycles. The van der Waals surface area contributed by atoms with E-state index in [0.29, 0.717) is 11.5 Å². The Labute approximate surface area is 236 Å². The molecule has 0 aliphatic carbocycles. The molecule has 7 nitrogen and oxygen atoms in total. The summed E-state index contributed by atoms with van der Waals surface area (Å²) in [6.45, 7) is 0.0348. The van der Waals surface area contributed by atoms with E-state index in [2.05, 4.69) is 10.3 Å². The standard InChI is InChI=1S/C30H26Cl2N2O5/c1-37-25-7-4-8-26(38-2)27(25)21-11-9-19(10-12-21)17-24(30(36)39-18-20-13-15-33-16-14-20)34-29(35)28-22(31)5-3-6-23(28)32/h3-16,24H,17-18H2,1-2H3,(H,34,35)/t24-/m0/s1. The summed E-state index contributed by atoms with van der Waals surface area (Å²) >= 11 is 12.5. The second kappa shape index (κ2) is 13.1. The summed E-state index contributed by atoms with van der Waals surface area (Å²) in [5.74, 6) is 0.165. The maximum absolute atomic E-state index is 13.2. The van der Waals surface area contributed by atoms with Crippen LogP contribution in [0.1, 0.15) is 21.5 Å². The fraction of sp³-hybridized carbons (Fsp3) is 0.167. The third-order valence-electron chi connectivity index (χ3n) is 6.02. The van der Waals surface area contributed by atoms with Gasteiger partial charge < -0.3 is 19.5 Å². The molecule has 0 bridgehead atoms. The number of methoxy groups -OCH3 is 2. The third kappa shape index (κ3) is 6.88. The lowest BCUT2D eigenvalue weighted by Gasteiger charge is -2.19. The van der Waals surface area contributed by atoms with Gasteiger partial charge in [-0.3, -0.25) is 9.78 Å². The number of ether oxygens (including phenoxy) is 3. The Hall–Kier alpha value is -4.07. The number of rotatable bonds is 10. The summed E-state index contributed by atoms with van der Waals surface area (Å²) in [7, 11) is 3.20. The molecule has 3 aromatic carbocycles. The summed E-state index contributed by atoms with van der Waals surface area (Å²) < 4.78 is 16.6. The molecule has 0 unspecified atom stereocenters. The summed E-state index contributed by atoms with van der Waals surface area (Å²) in [5.41, 5.74) is 3.34. The van der Waals surface area contributed by atoms with Crippen LogP contribution in [0.5, 0.6) is 11.5 Å². The van der Waals surface area contributed by atoms with Crippen LogP contribution in [0.25, 0.3) is 11.1 Å². The van der Waals surface area contributed by atoms with Crippen LogP contribution in [-0.4, -0.2) is 37.1 Å². The molecule has 39 heavy (non-hydrogen) atoms. The van der Waals surface area contributed by atoms with Crippen LogP contribution in [0.15, 0.2) is 85.2 Å². The number of carbonyl (C=O) groups excluding carboxylic acids is 2. The number of nitrogens with one attached hydrogen (secondary N) is 1. The van der Waals surface area contributed by atoms with Crippen LogP contribution >= 0.6 is 23.2 Å². The number of halogens is 2. The highest BCUT2D eigenvalue weighted by Crippen LogP contribution is 2.38. The van der Waals surface area contributed by atoms with Gasteiger partial charge in [-0.1, -0.05) is 59.6 Å². The van der Waals surface area contributed by atoms with Gasteiger partial charge in [-0.2, -0.15) is 0 Å². The predicted octanol–water partition coefficient (Wildman–Crippen LogP) is 6.16. The van der Waals surface area contributed by atoms with Gasteiger partial charge in [0.05, 0.1) is 35.4 Å². The van der Waals surface area contributed by atoms with Crippen LogP contribution in [0, 0.1) is 0 Å². The Kier molecular flexibility index (Phi) is 9.41. The van der Waals surface area contributed by atoms with Crippen LogP contribution in [-0.2, 0) is 22.6 Å². The second-order valence-electron chi connectivity index (χ2n) is 8.52. The minimum Gasteiger partial charge on any atom is -0.496 e. The highest BCUT2D eigenvalue weighted by molar-refractivity contribution is 6.39. The molecule has 4 aromatic rings. The first-order valence-corrected chi connectivity index (χ1v) is 12.8. The summed E-state index contributed by atoms with van der Waals surface area (Å²) in [5, 5.41) is 3.11. The summed E-state index contributed by atoms with van der Waals surface area (Å²) in [6.07, 6.45) is 3.40. The van der Waals surface area contributed by atoms with Crippen LogP contribution in [0.4, 0.5) is 0 Å². The molecule has 0 saturated heterocycles. The molecule has 0 saturated carbocycles. The minimum atomic E-state index is -1.00. The molecular weight excluding hydrogens is 539 g/mol. The van der Waals surface area contributed by atoms with Crippen molar-refractivity contribution >= 4 is 35.1 Å². The molecule has 1 N–H and O–H groups in total. The number of aromatic nitrogens is 1. The number of hydrogen-bond donors (Lipinski definition) is 1. The zero-order valence-corrected chi connectivity index (χ0v) is 22.8. The molecule has 1 amide bonds. The molecule has 1 atom stereocenters. The molecule has 0 aliphatic heterocycles. The van der Waals surface area contributed by atoms with Gasteiger partial charge in [0.2, 0.25) is 0 Å². The summed E-state index contributed by atoms with van der Waals surface area (Å²) in [6, 6.07) is 20.4. The van der Waals surface area contributed by atoms with Crippen molar-refractivity contribution < 1.29 is 23.8 Å². The van der Waals surface area contributed by atoms with Crippen molar-refractivity contribution in [2.75, 3.05) is 14.2 Å². The van der Waals surface area contributed by atoms with E-state index in [1.165, 1.54) is 0 Å². The van der Waals surface area contributed by atoms with Gasteiger partial charge in [0.25, 0.3) is 5.91 Å². The number of benzene rings is 3. The number of nitrogens with zero attached hydrogens (tertiary/aromatic N) is 1. The normalized spacial score (nSPS) is 11.4. The largest absolute Gasteiger partial charge is 0.496 e. The smallest absolute Gasteiger partial charge is 0.329 e. The molecule has 9 heteroatoms.